The highest BCUT2D eigenvalue weighted by Gasteiger charge is 2.50. The molecule has 2 rings (SSSR count). The Morgan fingerprint density at radius 1 is 1.41 bits per heavy atom. The molecule has 1 aliphatic carbocycles. The highest BCUT2D eigenvalue weighted by molar-refractivity contribution is 5.99. The van der Waals surface area contributed by atoms with Gasteiger partial charge in [0.05, 0.1) is 6.07 Å². The minimum Gasteiger partial charge on any atom is -0.314 e. The molecule has 1 saturated carbocycles. The first-order valence-corrected chi connectivity index (χ1v) is 5.83. The molecule has 3 heteroatoms. The van der Waals surface area contributed by atoms with Gasteiger partial charge < -0.3 is 4.90 Å². The number of nitriles is 1. The van der Waals surface area contributed by atoms with Crippen molar-refractivity contribution in [3.8, 4) is 6.07 Å². The Kier molecular flexibility index (Phi) is 2.89. The summed E-state index contributed by atoms with van der Waals surface area (Å²) in [5.41, 5.74) is 0.0518. The maximum absolute atomic E-state index is 12.3. The first kappa shape index (κ1) is 11.7. The van der Waals surface area contributed by atoms with Crippen LogP contribution < -0.4 is 4.90 Å². The fourth-order valence-electron chi connectivity index (χ4n) is 2.53. The van der Waals surface area contributed by atoms with Crippen LogP contribution in [0.15, 0.2) is 30.3 Å². The van der Waals surface area contributed by atoms with Crippen LogP contribution in [0.25, 0.3) is 0 Å². The quantitative estimate of drug-likeness (QED) is 0.781. The Morgan fingerprint density at radius 2 is 2.00 bits per heavy atom. The van der Waals surface area contributed by atoms with E-state index in [9.17, 15) is 10.1 Å². The largest absolute Gasteiger partial charge is 0.314 e. The van der Waals surface area contributed by atoms with Crippen molar-refractivity contribution < 1.29 is 4.79 Å². The van der Waals surface area contributed by atoms with Crippen molar-refractivity contribution in [3.05, 3.63) is 30.3 Å². The summed E-state index contributed by atoms with van der Waals surface area (Å²) in [6, 6.07) is 11.7. The molecule has 3 nitrogen and oxygen atoms in total. The standard InChI is InChI=1S/C14H16N2O/c1-11-8-14(9-11,10-15)13(17)16(2)12-6-4-3-5-7-12/h3-7,11H,8-9H2,1-2H3. The topological polar surface area (TPSA) is 44.1 Å². The van der Waals surface area contributed by atoms with Crippen molar-refractivity contribution in [2.75, 3.05) is 11.9 Å². The molecule has 1 aliphatic rings. The number of carbonyl (C=O) groups excluding carboxylic acids is 1. The molecule has 0 aliphatic heterocycles. The summed E-state index contributed by atoms with van der Waals surface area (Å²) < 4.78 is 0. The number of amides is 1. The molecule has 0 saturated heterocycles. The number of benzene rings is 1. The van der Waals surface area contributed by atoms with Gasteiger partial charge in [0.25, 0.3) is 0 Å². The summed E-state index contributed by atoms with van der Waals surface area (Å²) in [5.74, 6) is 0.395. The molecule has 1 amide bonds. The lowest BCUT2D eigenvalue weighted by Crippen LogP contribution is -2.48. The minimum absolute atomic E-state index is 0.0794. The van der Waals surface area contributed by atoms with Gasteiger partial charge in [-0.15, -0.1) is 0 Å². The van der Waals surface area contributed by atoms with Crippen LogP contribution in [0, 0.1) is 22.7 Å². The van der Waals surface area contributed by atoms with Gasteiger partial charge in [0.2, 0.25) is 5.91 Å². The van der Waals surface area contributed by atoms with Crippen molar-refractivity contribution >= 4 is 11.6 Å². The van der Waals surface area contributed by atoms with Crippen molar-refractivity contribution in [1.82, 2.24) is 0 Å². The summed E-state index contributed by atoms with van der Waals surface area (Å²) in [4.78, 5) is 13.9. The maximum atomic E-state index is 12.3. The van der Waals surface area contributed by atoms with Gasteiger partial charge in [-0.3, -0.25) is 4.79 Å². The molecule has 1 fully saturated rings. The van der Waals surface area contributed by atoms with Gasteiger partial charge in [-0.2, -0.15) is 5.26 Å². The molecule has 0 N–H and O–H groups in total. The van der Waals surface area contributed by atoms with Gasteiger partial charge in [-0.1, -0.05) is 25.1 Å². The van der Waals surface area contributed by atoms with Gasteiger partial charge in [0.1, 0.15) is 5.41 Å². The van der Waals surface area contributed by atoms with E-state index in [1.54, 1.807) is 11.9 Å². The second-order valence-corrected chi connectivity index (χ2v) is 4.91. The zero-order chi connectivity index (χ0) is 12.5. The average molecular weight is 228 g/mol. The number of hydrogen-bond acceptors (Lipinski definition) is 2. The van der Waals surface area contributed by atoms with Crippen molar-refractivity contribution in [1.29, 1.82) is 5.26 Å². The van der Waals surface area contributed by atoms with E-state index in [1.807, 2.05) is 30.3 Å². The smallest absolute Gasteiger partial charge is 0.247 e. The van der Waals surface area contributed by atoms with E-state index in [0.717, 1.165) is 5.69 Å². The van der Waals surface area contributed by atoms with Crippen LogP contribution in [0.2, 0.25) is 0 Å². The third-order valence-corrected chi connectivity index (χ3v) is 3.47. The summed E-state index contributed by atoms with van der Waals surface area (Å²) in [5, 5.41) is 9.22. The van der Waals surface area contributed by atoms with Gasteiger partial charge in [0, 0.05) is 12.7 Å². The van der Waals surface area contributed by atoms with Crippen LogP contribution in [0.4, 0.5) is 5.69 Å². The van der Waals surface area contributed by atoms with Crippen LogP contribution in [-0.2, 0) is 4.79 Å². The Labute approximate surface area is 102 Å². The van der Waals surface area contributed by atoms with E-state index in [4.69, 9.17) is 0 Å². The second kappa shape index (κ2) is 4.21. The molecule has 17 heavy (non-hydrogen) atoms. The minimum atomic E-state index is -0.788. The third-order valence-electron chi connectivity index (χ3n) is 3.47. The van der Waals surface area contributed by atoms with Crippen LogP contribution in [0.3, 0.4) is 0 Å². The van der Waals surface area contributed by atoms with Crippen LogP contribution in [-0.4, -0.2) is 13.0 Å². The van der Waals surface area contributed by atoms with E-state index in [-0.39, 0.29) is 5.91 Å². The lowest BCUT2D eigenvalue weighted by molar-refractivity contribution is -0.130. The highest BCUT2D eigenvalue weighted by Crippen LogP contribution is 2.46. The number of nitrogens with zero attached hydrogens (tertiary/aromatic N) is 2. The molecule has 88 valence electrons. The third kappa shape index (κ3) is 1.91. The lowest BCUT2D eigenvalue weighted by Gasteiger charge is -2.41. The summed E-state index contributed by atoms with van der Waals surface area (Å²) in [7, 11) is 1.74. The number of para-hydroxylation sites is 1. The highest BCUT2D eigenvalue weighted by atomic mass is 16.2. The Bertz CT molecular complexity index is 455. The van der Waals surface area contributed by atoms with Crippen molar-refractivity contribution in [2.45, 2.75) is 19.8 Å². The molecule has 0 spiro atoms. The Balaban J connectivity index is 2.19. The zero-order valence-electron chi connectivity index (χ0n) is 10.2. The molecule has 0 heterocycles. The van der Waals surface area contributed by atoms with Gasteiger partial charge in [0.15, 0.2) is 0 Å². The molecule has 0 radical (unpaired) electrons. The van der Waals surface area contributed by atoms with E-state index in [1.165, 1.54) is 0 Å². The van der Waals surface area contributed by atoms with E-state index in [0.29, 0.717) is 18.8 Å². The van der Waals surface area contributed by atoms with Crippen LogP contribution in [0.5, 0.6) is 0 Å². The first-order valence-electron chi connectivity index (χ1n) is 5.83. The molecule has 0 bridgehead atoms. The molecule has 0 atom stereocenters. The molecular formula is C14H16N2O. The van der Waals surface area contributed by atoms with Crippen molar-refractivity contribution in [3.63, 3.8) is 0 Å². The lowest BCUT2D eigenvalue weighted by atomic mass is 9.63. The second-order valence-electron chi connectivity index (χ2n) is 4.91. The average Bonchev–Trinajstić information content (AvgIpc) is 2.34. The predicted molar refractivity (Wildman–Crippen MR) is 66.3 cm³/mol. The molecular weight excluding hydrogens is 212 g/mol. The summed E-state index contributed by atoms with van der Waals surface area (Å²) in [6.45, 7) is 2.07. The monoisotopic (exact) mass is 228 g/mol. The van der Waals surface area contributed by atoms with Crippen LogP contribution in [0.1, 0.15) is 19.8 Å². The number of carbonyl (C=O) groups is 1. The molecule has 1 aromatic carbocycles. The summed E-state index contributed by atoms with van der Waals surface area (Å²) >= 11 is 0. The van der Waals surface area contributed by atoms with E-state index >= 15 is 0 Å². The first-order chi connectivity index (χ1) is 8.09. The van der Waals surface area contributed by atoms with Gasteiger partial charge in [-0.25, -0.2) is 0 Å². The Hall–Kier alpha value is -1.82. The van der Waals surface area contributed by atoms with Crippen LogP contribution >= 0.6 is 0 Å². The fourth-order valence-corrected chi connectivity index (χ4v) is 2.53. The normalized spacial score (nSPS) is 26.8. The molecule has 0 unspecified atom stereocenters. The summed E-state index contributed by atoms with van der Waals surface area (Å²) in [6.07, 6.45) is 1.36. The van der Waals surface area contributed by atoms with Gasteiger partial charge in [-0.05, 0) is 30.9 Å². The van der Waals surface area contributed by atoms with E-state index in [2.05, 4.69) is 13.0 Å². The van der Waals surface area contributed by atoms with Gasteiger partial charge >= 0.3 is 0 Å². The molecule has 0 aromatic heterocycles. The Morgan fingerprint density at radius 3 is 2.47 bits per heavy atom. The van der Waals surface area contributed by atoms with Crippen molar-refractivity contribution in [2.24, 2.45) is 11.3 Å². The SMILES string of the molecule is CC1CC(C#N)(C(=O)N(C)c2ccccc2)C1. The zero-order valence-corrected chi connectivity index (χ0v) is 10.2. The predicted octanol–water partition coefficient (Wildman–Crippen LogP) is 2.59. The molecule has 1 aromatic rings. The van der Waals surface area contributed by atoms with E-state index < -0.39 is 5.41 Å². The number of rotatable bonds is 2. The number of anilines is 1. The maximum Gasteiger partial charge on any atom is 0.247 e. The fraction of sp³-hybridized carbons (Fsp3) is 0.429. The number of hydrogen-bond donors (Lipinski definition) is 0.